The first-order chi connectivity index (χ1) is 10.5. The summed E-state index contributed by atoms with van der Waals surface area (Å²) in [5.41, 5.74) is 2.14. The molecule has 0 saturated heterocycles. The highest BCUT2D eigenvalue weighted by atomic mass is 35.5. The summed E-state index contributed by atoms with van der Waals surface area (Å²) in [4.78, 5) is 13.1. The van der Waals surface area contributed by atoms with Crippen molar-refractivity contribution in [1.82, 2.24) is 10.2 Å². The molecule has 2 N–H and O–H groups in total. The second-order valence-electron chi connectivity index (χ2n) is 4.69. The zero-order valence-electron chi connectivity index (χ0n) is 12.2. The number of benzene rings is 1. The first-order valence-electron chi connectivity index (χ1n) is 6.78. The van der Waals surface area contributed by atoms with Crippen LogP contribution in [0.15, 0.2) is 72.4 Å². The predicted octanol–water partition coefficient (Wildman–Crippen LogP) is 3.64. The normalized spacial score (nSPS) is 14.8. The van der Waals surface area contributed by atoms with E-state index in [2.05, 4.69) is 11.9 Å². The summed E-state index contributed by atoms with van der Waals surface area (Å²) in [7, 11) is 0. The molecule has 4 nitrogen and oxygen atoms in total. The van der Waals surface area contributed by atoms with Crippen molar-refractivity contribution < 1.29 is 9.90 Å². The van der Waals surface area contributed by atoms with E-state index in [1.54, 1.807) is 30.5 Å². The van der Waals surface area contributed by atoms with Crippen LogP contribution >= 0.6 is 11.6 Å². The largest absolute Gasteiger partial charge is 0.476 e. The van der Waals surface area contributed by atoms with Crippen molar-refractivity contribution in [1.29, 1.82) is 0 Å². The fraction of sp³-hybridized carbons (Fsp3) is 0.118. The molecular formula is C17H17ClN2O2. The Morgan fingerprint density at radius 1 is 1.41 bits per heavy atom. The monoisotopic (exact) mass is 316 g/mol. The maximum atomic E-state index is 11.6. The van der Waals surface area contributed by atoms with Crippen LogP contribution in [0.1, 0.15) is 12.5 Å². The smallest absolute Gasteiger partial charge is 0.355 e. The minimum Gasteiger partial charge on any atom is -0.476 e. The predicted molar refractivity (Wildman–Crippen MR) is 87.9 cm³/mol. The van der Waals surface area contributed by atoms with Gasteiger partial charge in [-0.25, -0.2) is 4.79 Å². The Hall–Kier alpha value is -2.46. The van der Waals surface area contributed by atoms with E-state index in [0.29, 0.717) is 23.0 Å². The molecule has 0 aliphatic carbocycles. The molecule has 0 amide bonds. The third-order valence-corrected chi connectivity index (χ3v) is 3.54. The van der Waals surface area contributed by atoms with Crippen LogP contribution < -0.4 is 5.32 Å². The van der Waals surface area contributed by atoms with E-state index in [0.717, 1.165) is 5.56 Å². The summed E-state index contributed by atoms with van der Waals surface area (Å²) in [6.45, 7) is 6.11. The van der Waals surface area contributed by atoms with Crippen molar-refractivity contribution in [3.05, 3.63) is 82.9 Å². The number of hydrogen-bond acceptors (Lipinski definition) is 3. The van der Waals surface area contributed by atoms with Crippen LogP contribution in [0.2, 0.25) is 5.02 Å². The SMILES string of the molecule is C=C1C=CC(NCc2ccccc2Cl)=C(C(=O)O)N1/C=C\C. The number of allylic oxidation sites excluding steroid dienone is 3. The van der Waals surface area contributed by atoms with Crippen LogP contribution in [0.3, 0.4) is 0 Å². The molecule has 0 atom stereocenters. The topological polar surface area (TPSA) is 52.6 Å². The molecule has 5 heteroatoms. The lowest BCUT2D eigenvalue weighted by molar-refractivity contribution is -0.134. The van der Waals surface area contributed by atoms with Crippen LogP contribution in [0, 0.1) is 0 Å². The molecule has 0 saturated carbocycles. The number of carboxylic acids is 1. The summed E-state index contributed by atoms with van der Waals surface area (Å²) >= 11 is 6.12. The number of halogens is 1. The van der Waals surface area contributed by atoms with Crippen LogP contribution in [-0.2, 0) is 11.3 Å². The Morgan fingerprint density at radius 3 is 2.77 bits per heavy atom. The van der Waals surface area contributed by atoms with Gasteiger partial charge < -0.3 is 15.3 Å². The second kappa shape index (κ2) is 7.00. The molecule has 0 aromatic heterocycles. The fourth-order valence-electron chi connectivity index (χ4n) is 2.12. The van der Waals surface area contributed by atoms with Crippen molar-refractivity contribution in [2.45, 2.75) is 13.5 Å². The summed E-state index contributed by atoms with van der Waals surface area (Å²) < 4.78 is 0. The van der Waals surface area contributed by atoms with Gasteiger partial charge in [0.1, 0.15) is 0 Å². The van der Waals surface area contributed by atoms with Gasteiger partial charge in [0.05, 0.1) is 5.70 Å². The average Bonchev–Trinajstić information content (AvgIpc) is 2.49. The molecule has 1 aliphatic rings. The molecule has 1 aromatic rings. The van der Waals surface area contributed by atoms with Crippen molar-refractivity contribution in [2.24, 2.45) is 0 Å². The Labute approximate surface area is 134 Å². The van der Waals surface area contributed by atoms with Crippen LogP contribution in [-0.4, -0.2) is 16.0 Å². The van der Waals surface area contributed by atoms with E-state index in [-0.39, 0.29) is 5.70 Å². The lowest BCUT2D eigenvalue weighted by Gasteiger charge is -2.27. The molecule has 0 spiro atoms. The molecule has 1 heterocycles. The quantitative estimate of drug-likeness (QED) is 0.870. The highest BCUT2D eigenvalue weighted by Crippen LogP contribution is 2.23. The third kappa shape index (κ3) is 3.40. The second-order valence-corrected chi connectivity index (χ2v) is 5.10. The van der Waals surface area contributed by atoms with Gasteiger partial charge in [0.15, 0.2) is 5.70 Å². The van der Waals surface area contributed by atoms with Crippen molar-refractivity contribution in [2.75, 3.05) is 0 Å². The van der Waals surface area contributed by atoms with Gasteiger partial charge in [-0.3, -0.25) is 0 Å². The highest BCUT2D eigenvalue weighted by Gasteiger charge is 2.23. The maximum absolute atomic E-state index is 11.6. The Bertz CT molecular complexity index is 690. The number of hydrogen-bond donors (Lipinski definition) is 2. The van der Waals surface area contributed by atoms with Gasteiger partial charge in [0.2, 0.25) is 0 Å². The number of carbonyl (C=O) groups is 1. The zero-order valence-corrected chi connectivity index (χ0v) is 13.0. The van der Waals surface area contributed by atoms with Gasteiger partial charge in [0, 0.05) is 23.5 Å². The lowest BCUT2D eigenvalue weighted by atomic mass is 10.1. The van der Waals surface area contributed by atoms with Crippen LogP contribution in [0.5, 0.6) is 0 Å². The van der Waals surface area contributed by atoms with Gasteiger partial charge in [-0.1, -0.05) is 42.5 Å². The fourth-order valence-corrected chi connectivity index (χ4v) is 2.33. The number of carboxylic acid groups (broad SMARTS) is 1. The molecule has 114 valence electrons. The maximum Gasteiger partial charge on any atom is 0.355 e. The van der Waals surface area contributed by atoms with Crippen molar-refractivity contribution in [3.63, 3.8) is 0 Å². The molecule has 1 aliphatic heterocycles. The zero-order chi connectivity index (χ0) is 16.1. The number of nitrogens with one attached hydrogen (secondary N) is 1. The minimum atomic E-state index is -1.02. The van der Waals surface area contributed by atoms with Gasteiger partial charge >= 0.3 is 5.97 Å². The molecule has 0 radical (unpaired) electrons. The van der Waals surface area contributed by atoms with E-state index in [1.807, 2.05) is 25.1 Å². The van der Waals surface area contributed by atoms with E-state index in [4.69, 9.17) is 11.6 Å². The van der Waals surface area contributed by atoms with Crippen molar-refractivity contribution in [3.8, 4) is 0 Å². The molecule has 0 bridgehead atoms. The molecule has 1 aromatic carbocycles. The number of rotatable bonds is 5. The molecule has 0 fully saturated rings. The molecule has 0 unspecified atom stereocenters. The lowest BCUT2D eigenvalue weighted by Crippen LogP contribution is -2.29. The Kier molecular flexibility index (Phi) is 5.07. The van der Waals surface area contributed by atoms with E-state index in [1.165, 1.54) is 4.90 Å². The summed E-state index contributed by atoms with van der Waals surface area (Å²) in [6, 6.07) is 7.44. The van der Waals surface area contributed by atoms with Crippen LogP contribution in [0.25, 0.3) is 0 Å². The summed E-state index contributed by atoms with van der Waals surface area (Å²) in [5.74, 6) is -1.02. The first kappa shape index (κ1) is 15.9. The molecule has 22 heavy (non-hydrogen) atoms. The minimum absolute atomic E-state index is 0.137. The highest BCUT2D eigenvalue weighted by molar-refractivity contribution is 6.31. The third-order valence-electron chi connectivity index (χ3n) is 3.18. The van der Waals surface area contributed by atoms with E-state index in [9.17, 15) is 9.90 Å². The molecular weight excluding hydrogens is 300 g/mol. The van der Waals surface area contributed by atoms with Gasteiger partial charge in [0.25, 0.3) is 0 Å². The van der Waals surface area contributed by atoms with E-state index >= 15 is 0 Å². The molecule has 2 rings (SSSR count). The standard InChI is InChI=1S/C17H17ClN2O2/c1-3-10-20-12(2)8-9-15(16(20)17(21)22)19-11-13-6-4-5-7-14(13)18/h3-10,19H,2,11H2,1H3,(H,21,22)/b10-3-. The summed E-state index contributed by atoms with van der Waals surface area (Å²) in [5, 5.41) is 13.3. The first-order valence-corrected chi connectivity index (χ1v) is 7.16. The van der Waals surface area contributed by atoms with Crippen LogP contribution in [0.4, 0.5) is 0 Å². The van der Waals surface area contributed by atoms with Gasteiger partial charge in [-0.15, -0.1) is 0 Å². The average molecular weight is 317 g/mol. The Morgan fingerprint density at radius 2 is 2.14 bits per heavy atom. The van der Waals surface area contributed by atoms with Crippen molar-refractivity contribution >= 4 is 17.6 Å². The number of nitrogens with zero attached hydrogens (tertiary/aromatic N) is 1. The summed E-state index contributed by atoms with van der Waals surface area (Å²) in [6.07, 6.45) is 6.91. The van der Waals surface area contributed by atoms with E-state index < -0.39 is 5.97 Å². The number of aliphatic carboxylic acids is 1. The Balaban J connectivity index is 2.30. The van der Waals surface area contributed by atoms with Gasteiger partial charge in [-0.05, 0) is 30.7 Å². The van der Waals surface area contributed by atoms with Gasteiger partial charge in [-0.2, -0.15) is 0 Å².